The second-order valence-corrected chi connectivity index (χ2v) is 4.51. The van der Waals surface area contributed by atoms with Crippen molar-refractivity contribution in [3.63, 3.8) is 0 Å². The van der Waals surface area contributed by atoms with Gasteiger partial charge in [0.05, 0.1) is 17.9 Å². The van der Waals surface area contributed by atoms with E-state index in [9.17, 15) is 0 Å². The van der Waals surface area contributed by atoms with E-state index in [2.05, 4.69) is 32.1 Å². The second kappa shape index (κ2) is 4.35. The van der Waals surface area contributed by atoms with Crippen molar-refractivity contribution >= 4 is 0 Å². The van der Waals surface area contributed by atoms with E-state index >= 15 is 0 Å². The van der Waals surface area contributed by atoms with Gasteiger partial charge >= 0.3 is 0 Å². The highest BCUT2D eigenvalue weighted by molar-refractivity contribution is 5.21. The normalized spacial score (nSPS) is 20.7. The molecule has 0 spiro atoms. The van der Waals surface area contributed by atoms with Crippen molar-refractivity contribution in [2.24, 2.45) is 0 Å². The maximum Gasteiger partial charge on any atom is 0.0682 e. The molecule has 0 radical (unpaired) electrons. The van der Waals surface area contributed by atoms with Gasteiger partial charge in [-0.25, -0.2) is 0 Å². The van der Waals surface area contributed by atoms with Gasteiger partial charge in [0, 0.05) is 19.2 Å². The number of aryl methyl sites for hydroxylation is 2. The van der Waals surface area contributed by atoms with Crippen molar-refractivity contribution in [3.8, 4) is 0 Å². The van der Waals surface area contributed by atoms with Crippen LogP contribution in [0.4, 0.5) is 0 Å². The molecule has 15 heavy (non-hydrogen) atoms. The molecule has 0 aliphatic heterocycles. The molecule has 0 fully saturated rings. The fourth-order valence-electron chi connectivity index (χ4n) is 2.18. The highest BCUT2D eigenvalue weighted by Crippen LogP contribution is 2.22. The lowest BCUT2D eigenvalue weighted by Crippen LogP contribution is -2.25. The predicted octanol–water partition coefficient (Wildman–Crippen LogP) is 2.19. The maximum absolute atomic E-state index is 5.84. The molecular weight excluding hydrogens is 188 g/mol. The first kappa shape index (κ1) is 10.7. The van der Waals surface area contributed by atoms with E-state index in [1.807, 2.05) is 4.68 Å². The number of fused-ring (bicyclic) bond motifs is 1. The van der Waals surface area contributed by atoms with Crippen LogP contribution in [0.1, 0.15) is 38.4 Å². The van der Waals surface area contributed by atoms with Crippen LogP contribution < -0.4 is 0 Å². The molecule has 0 amide bonds. The summed E-state index contributed by atoms with van der Waals surface area (Å²) in [6, 6.07) is 0. The summed E-state index contributed by atoms with van der Waals surface area (Å²) in [5.74, 6) is 0. The maximum atomic E-state index is 5.84. The van der Waals surface area contributed by atoms with Gasteiger partial charge in [0.25, 0.3) is 0 Å². The van der Waals surface area contributed by atoms with E-state index in [-0.39, 0.29) is 0 Å². The molecule has 2 rings (SSSR count). The smallest absolute Gasteiger partial charge is 0.0682 e. The molecule has 0 bridgehead atoms. The summed E-state index contributed by atoms with van der Waals surface area (Å²) in [5.41, 5.74) is 2.66. The Morgan fingerprint density at radius 1 is 1.60 bits per heavy atom. The fourth-order valence-corrected chi connectivity index (χ4v) is 2.18. The van der Waals surface area contributed by atoms with Crippen molar-refractivity contribution in [3.05, 3.63) is 17.5 Å². The van der Waals surface area contributed by atoms with Crippen LogP contribution in [-0.4, -0.2) is 22.0 Å². The van der Waals surface area contributed by atoms with Gasteiger partial charge in [-0.15, -0.1) is 0 Å². The zero-order valence-corrected chi connectivity index (χ0v) is 9.86. The molecular formula is C12H20N2O. The number of nitrogens with zero attached hydrogens (tertiary/aromatic N) is 2. The predicted molar refractivity (Wildman–Crippen MR) is 59.9 cm³/mol. The van der Waals surface area contributed by atoms with Gasteiger partial charge in [0.15, 0.2) is 0 Å². The Hall–Kier alpha value is -0.830. The number of hydrogen-bond donors (Lipinski definition) is 0. The van der Waals surface area contributed by atoms with E-state index < -0.39 is 0 Å². The molecule has 1 heterocycles. The molecule has 1 atom stereocenters. The number of ether oxygens (including phenoxy) is 1. The van der Waals surface area contributed by atoms with Gasteiger partial charge in [-0.3, -0.25) is 4.68 Å². The molecule has 0 saturated heterocycles. The van der Waals surface area contributed by atoms with Crippen LogP contribution in [0, 0.1) is 0 Å². The molecule has 1 aromatic rings. The van der Waals surface area contributed by atoms with Crippen molar-refractivity contribution in [2.75, 3.05) is 0 Å². The summed E-state index contributed by atoms with van der Waals surface area (Å²) in [5, 5.41) is 4.56. The molecule has 84 valence electrons. The largest absolute Gasteiger partial charge is 0.375 e. The van der Waals surface area contributed by atoms with Crippen molar-refractivity contribution in [2.45, 2.75) is 58.8 Å². The molecule has 1 aliphatic rings. The third kappa shape index (κ3) is 2.40. The van der Waals surface area contributed by atoms with Crippen molar-refractivity contribution < 1.29 is 4.74 Å². The molecule has 0 saturated carbocycles. The van der Waals surface area contributed by atoms with Gasteiger partial charge in [0.2, 0.25) is 0 Å². The van der Waals surface area contributed by atoms with E-state index in [0.717, 1.165) is 25.8 Å². The van der Waals surface area contributed by atoms with Gasteiger partial charge in [-0.05, 0) is 39.2 Å². The molecule has 3 nitrogen and oxygen atoms in total. The third-order valence-electron chi connectivity index (χ3n) is 2.87. The summed E-state index contributed by atoms with van der Waals surface area (Å²) in [4.78, 5) is 0. The summed E-state index contributed by atoms with van der Waals surface area (Å²) in [6.07, 6.45) is 6.12. The van der Waals surface area contributed by atoms with Crippen molar-refractivity contribution in [1.29, 1.82) is 0 Å². The number of hydrogen-bond acceptors (Lipinski definition) is 2. The quantitative estimate of drug-likeness (QED) is 0.761. The van der Waals surface area contributed by atoms with Gasteiger partial charge in [-0.2, -0.15) is 5.10 Å². The lowest BCUT2D eigenvalue weighted by atomic mass is 9.96. The number of rotatable bonds is 3. The van der Waals surface area contributed by atoms with Crippen LogP contribution in [0.15, 0.2) is 6.20 Å². The molecule has 0 aromatic carbocycles. The third-order valence-corrected chi connectivity index (χ3v) is 2.87. The zero-order valence-electron chi connectivity index (χ0n) is 9.86. The van der Waals surface area contributed by atoms with Crippen LogP contribution in [0.5, 0.6) is 0 Å². The minimum Gasteiger partial charge on any atom is -0.375 e. The SMILES string of the molecule is CCn1cc2c(n1)CC(OC(C)C)CC2. The Morgan fingerprint density at radius 3 is 3.07 bits per heavy atom. The fraction of sp³-hybridized carbons (Fsp3) is 0.750. The van der Waals surface area contributed by atoms with Gasteiger partial charge in [-0.1, -0.05) is 0 Å². The Balaban J connectivity index is 2.05. The Bertz CT molecular complexity index is 330. The molecule has 1 aromatic heterocycles. The topological polar surface area (TPSA) is 27.1 Å². The molecule has 3 heteroatoms. The standard InChI is InChI=1S/C12H20N2O/c1-4-14-8-10-5-6-11(15-9(2)3)7-12(10)13-14/h8-9,11H,4-7H2,1-3H3. The first-order valence-corrected chi connectivity index (χ1v) is 5.89. The molecule has 1 aliphatic carbocycles. The van der Waals surface area contributed by atoms with Gasteiger partial charge < -0.3 is 4.74 Å². The molecule has 1 unspecified atom stereocenters. The van der Waals surface area contributed by atoms with E-state index in [0.29, 0.717) is 12.2 Å². The van der Waals surface area contributed by atoms with E-state index in [4.69, 9.17) is 4.74 Å². The lowest BCUT2D eigenvalue weighted by molar-refractivity contribution is 0.000351. The van der Waals surface area contributed by atoms with Crippen LogP contribution in [0.25, 0.3) is 0 Å². The second-order valence-electron chi connectivity index (χ2n) is 4.51. The monoisotopic (exact) mass is 208 g/mol. The first-order valence-electron chi connectivity index (χ1n) is 5.89. The Morgan fingerprint density at radius 2 is 2.40 bits per heavy atom. The van der Waals surface area contributed by atoms with E-state index in [1.54, 1.807) is 0 Å². The summed E-state index contributed by atoms with van der Waals surface area (Å²) >= 11 is 0. The van der Waals surface area contributed by atoms with Crippen LogP contribution in [0.3, 0.4) is 0 Å². The summed E-state index contributed by atoms with van der Waals surface area (Å²) < 4.78 is 7.87. The summed E-state index contributed by atoms with van der Waals surface area (Å²) in [7, 11) is 0. The minimum atomic E-state index is 0.324. The Labute approximate surface area is 91.4 Å². The van der Waals surface area contributed by atoms with Crippen LogP contribution in [0.2, 0.25) is 0 Å². The highest BCUT2D eigenvalue weighted by atomic mass is 16.5. The summed E-state index contributed by atoms with van der Waals surface area (Å²) in [6.45, 7) is 7.28. The van der Waals surface area contributed by atoms with Crippen molar-refractivity contribution in [1.82, 2.24) is 9.78 Å². The molecule has 0 N–H and O–H groups in total. The minimum absolute atomic E-state index is 0.324. The first-order chi connectivity index (χ1) is 7.19. The Kier molecular flexibility index (Phi) is 3.10. The highest BCUT2D eigenvalue weighted by Gasteiger charge is 2.22. The van der Waals surface area contributed by atoms with E-state index in [1.165, 1.54) is 11.3 Å². The lowest BCUT2D eigenvalue weighted by Gasteiger charge is -2.23. The number of aromatic nitrogens is 2. The van der Waals surface area contributed by atoms with Crippen LogP contribution in [-0.2, 0) is 24.1 Å². The van der Waals surface area contributed by atoms with Crippen LogP contribution >= 0.6 is 0 Å². The van der Waals surface area contributed by atoms with Gasteiger partial charge in [0.1, 0.15) is 0 Å². The average molecular weight is 208 g/mol. The zero-order chi connectivity index (χ0) is 10.8. The average Bonchev–Trinajstić information content (AvgIpc) is 2.58.